The number of nitrogens with zero attached hydrogens (tertiary/aromatic N) is 2. The molecule has 102 valence electrons. The molecule has 2 atom stereocenters. The fourth-order valence-corrected chi connectivity index (χ4v) is 2.65. The molecule has 0 aliphatic heterocycles. The van der Waals surface area contributed by atoms with E-state index < -0.39 is 17.8 Å². The lowest BCUT2D eigenvalue weighted by Crippen LogP contribution is -2.40. The highest BCUT2D eigenvalue weighted by atomic mass is 16.4. The van der Waals surface area contributed by atoms with Crippen LogP contribution in [0.5, 0.6) is 0 Å². The van der Waals surface area contributed by atoms with E-state index in [4.69, 9.17) is 0 Å². The minimum absolute atomic E-state index is 0.125. The van der Waals surface area contributed by atoms with Gasteiger partial charge in [-0.2, -0.15) is 0 Å². The van der Waals surface area contributed by atoms with Crippen LogP contribution in [-0.4, -0.2) is 29.0 Å². The molecule has 0 spiro atoms. The SMILES string of the molecule is CN(C(=O)[C@@H]1CCCC[C@@H]1C(=O)O)c1cccnc1. The summed E-state index contributed by atoms with van der Waals surface area (Å²) in [6.45, 7) is 0. The Bertz CT molecular complexity index is 461. The van der Waals surface area contributed by atoms with Gasteiger partial charge in [0.15, 0.2) is 0 Å². The molecule has 1 fully saturated rings. The number of amides is 1. The first-order valence-electron chi connectivity index (χ1n) is 6.51. The first-order valence-corrected chi connectivity index (χ1v) is 6.51. The average Bonchev–Trinajstić information content (AvgIpc) is 2.46. The van der Waals surface area contributed by atoms with Crippen LogP contribution in [0, 0.1) is 11.8 Å². The van der Waals surface area contributed by atoms with Crippen LogP contribution in [0.15, 0.2) is 24.5 Å². The molecule has 1 aromatic heterocycles. The van der Waals surface area contributed by atoms with Crippen LogP contribution < -0.4 is 4.90 Å². The number of hydrogen-bond acceptors (Lipinski definition) is 3. The zero-order valence-electron chi connectivity index (χ0n) is 11.0. The van der Waals surface area contributed by atoms with Crippen LogP contribution in [-0.2, 0) is 9.59 Å². The molecular formula is C14H18N2O3. The largest absolute Gasteiger partial charge is 0.481 e. The van der Waals surface area contributed by atoms with Crippen molar-refractivity contribution in [3.05, 3.63) is 24.5 Å². The van der Waals surface area contributed by atoms with Crippen LogP contribution >= 0.6 is 0 Å². The van der Waals surface area contributed by atoms with Gasteiger partial charge in [0, 0.05) is 13.2 Å². The first-order chi connectivity index (χ1) is 9.11. The molecule has 0 aromatic carbocycles. The third-order valence-corrected chi connectivity index (χ3v) is 3.76. The van der Waals surface area contributed by atoms with Crippen LogP contribution in [0.4, 0.5) is 5.69 Å². The van der Waals surface area contributed by atoms with E-state index in [-0.39, 0.29) is 5.91 Å². The maximum Gasteiger partial charge on any atom is 0.307 e. The van der Waals surface area contributed by atoms with Crippen molar-refractivity contribution >= 4 is 17.6 Å². The number of aromatic nitrogens is 1. The third-order valence-electron chi connectivity index (χ3n) is 3.76. The van der Waals surface area contributed by atoms with Crippen molar-refractivity contribution in [3.8, 4) is 0 Å². The van der Waals surface area contributed by atoms with Gasteiger partial charge in [0.2, 0.25) is 5.91 Å². The van der Waals surface area contributed by atoms with Crippen molar-refractivity contribution in [2.45, 2.75) is 25.7 Å². The van der Waals surface area contributed by atoms with E-state index in [0.717, 1.165) is 12.8 Å². The number of anilines is 1. The molecule has 2 rings (SSSR count). The highest BCUT2D eigenvalue weighted by Gasteiger charge is 2.37. The van der Waals surface area contributed by atoms with E-state index in [2.05, 4.69) is 4.98 Å². The zero-order valence-corrected chi connectivity index (χ0v) is 11.0. The Morgan fingerprint density at radius 1 is 1.32 bits per heavy atom. The van der Waals surface area contributed by atoms with Crippen molar-refractivity contribution in [1.82, 2.24) is 4.98 Å². The lowest BCUT2D eigenvalue weighted by molar-refractivity contribution is -0.148. The summed E-state index contributed by atoms with van der Waals surface area (Å²) in [7, 11) is 1.67. The standard InChI is InChI=1S/C14H18N2O3/c1-16(10-5-4-8-15-9-10)13(17)11-6-2-3-7-12(11)14(18)19/h4-5,8-9,11-12H,2-3,6-7H2,1H3,(H,18,19)/t11-,12+/m1/s1. The van der Waals surface area contributed by atoms with Crippen LogP contribution in [0.25, 0.3) is 0 Å². The molecule has 1 saturated carbocycles. The van der Waals surface area contributed by atoms with Gasteiger partial charge in [0.25, 0.3) is 0 Å². The molecule has 0 unspecified atom stereocenters. The van der Waals surface area contributed by atoms with Crippen LogP contribution in [0.2, 0.25) is 0 Å². The molecule has 5 heteroatoms. The molecular weight excluding hydrogens is 244 g/mol. The monoisotopic (exact) mass is 262 g/mol. The molecule has 19 heavy (non-hydrogen) atoms. The van der Waals surface area contributed by atoms with Gasteiger partial charge < -0.3 is 10.0 Å². The summed E-state index contributed by atoms with van der Waals surface area (Å²) in [4.78, 5) is 29.2. The molecule has 5 nitrogen and oxygen atoms in total. The summed E-state index contributed by atoms with van der Waals surface area (Å²) in [5, 5.41) is 9.23. The van der Waals surface area contributed by atoms with Crippen molar-refractivity contribution in [1.29, 1.82) is 0 Å². The maximum atomic E-state index is 12.4. The average molecular weight is 262 g/mol. The molecule has 1 aromatic rings. The summed E-state index contributed by atoms with van der Waals surface area (Å²) in [6.07, 6.45) is 6.30. The highest BCUT2D eigenvalue weighted by molar-refractivity contribution is 5.96. The Balaban J connectivity index is 2.15. The number of aliphatic carboxylic acids is 1. The predicted molar refractivity (Wildman–Crippen MR) is 70.7 cm³/mol. The van der Waals surface area contributed by atoms with Gasteiger partial charge >= 0.3 is 5.97 Å². The van der Waals surface area contributed by atoms with Crippen LogP contribution in [0.3, 0.4) is 0 Å². The third kappa shape index (κ3) is 2.92. The lowest BCUT2D eigenvalue weighted by Gasteiger charge is -2.30. The number of hydrogen-bond donors (Lipinski definition) is 1. The summed E-state index contributed by atoms with van der Waals surface area (Å²) in [5.41, 5.74) is 0.696. The van der Waals surface area contributed by atoms with E-state index >= 15 is 0 Å². The summed E-state index contributed by atoms with van der Waals surface area (Å²) >= 11 is 0. The quantitative estimate of drug-likeness (QED) is 0.903. The Morgan fingerprint density at radius 3 is 2.58 bits per heavy atom. The van der Waals surface area contributed by atoms with Gasteiger partial charge in [0.1, 0.15) is 0 Å². The van der Waals surface area contributed by atoms with Gasteiger partial charge in [-0.3, -0.25) is 14.6 Å². The zero-order chi connectivity index (χ0) is 13.8. The van der Waals surface area contributed by atoms with Crippen LogP contribution in [0.1, 0.15) is 25.7 Å². The second-order valence-corrected chi connectivity index (χ2v) is 4.94. The Morgan fingerprint density at radius 2 is 2.00 bits per heavy atom. The molecule has 1 heterocycles. The van der Waals surface area contributed by atoms with Gasteiger partial charge in [-0.1, -0.05) is 12.8 Å². The Kier molecular flexibility index (Phi) is 4.14. The van der Waals surface area contributed by atoms with E-state index in [9.17, 15) is 14.7 Å². The van der Waals surface area contributed by atoms with Crippen molar-refractivity contribution < 1.29 is 14.7 Å². The minimum Gasteiger partial charge on any atom is -0.481 e. The van der Waals surface area contributed by atoms with Gasteiger partial charge in [-0.15, -0.1) is 0 Å². The topological polar surface area (TPSA) is 70.5 Å². The van der Waals surface area contributed by atoms with Crippen molar-refractivity contribution in [2.24, 2.45) is 11.8 Å². The lowest BCUT2D eigenvalue weighted by atomic mass is 9.78. The molecule has 0 bridgehead atoms. The molecule has 0 saturated heterocycles. The number of carbonyl (C=O) groups is 2. The molecule has 1 N–H and O–H groups in total. The second-order valence-electron chi connectivity index (χ2n) is 4.94. The molecule has 0 radical (unpaired) electrons. The number of pyridine rings is 1. The van der Waals surface area contributed by atoms with Crippen molar-refractivity contribution in [3.63, 3.8) is 0 Å². The minimum atomic E-state index is -0.863. The summed E-state index contributed by atoms with van der Waals surface area (Å²) < 4.78 is 0. The fraction of sp³-hybridized carbons (Fsp3) is 0.500. The smallest absolute Gasteiger partial charge is 0.307 e. The number of carboxylic acids is 1. The van der Waals surface area contributed by atoms with Gasteiger partial charge in [-0.05, 0) is 25.0 Å². The molecule has 1 aliphatic carbocycles. The number of carboxylic acid groups (broad SMARTS) is 1. The second kappa shape index (κ2) is 5.82. The van der Waals surface area contributed by atoms with E-state index in [1.165, 1.54) is 4.90 Å². The van der Waals surface area contributed by atoms with E-state index in [1.54, 1.807) is 31.6 Å². The first kappa shape index (κ1) is 13.5. The normalized spacial score (nSPS) is 22.8. The number of carbonyl (C=O) groups excluding carboxylic acids is 1. The maximum absolute atomic E-state index is 12.4. The Hall–Kier alpha value is -1.91. The number of rotatable bonds is 3. The molecule has 1 aliphatic rings. The summed E-state index contributed by atoms with van der Waals surface area (Å²) in [6, 6.07) is 3.55. The van der Waals surface area contributed by atoms with Gasteiger partial charge in [-0.25, -0.2) is 0 Å². The van der Waals surface area contributed by atoms with E-state index in [1.807, 2.05) is 0 Å². The highest BCUT2D eigenvalue weighted by Crippen LogP contribution is 2.32. The van der Waals surface area contributed by atoms with E-state index in [0.29, 0.717) is 18.5 Å². The van der Waals surface area contributed by atoms with Crippen molar-refractivity contribution in [2.75, 3.05) is 11.9 Å². The Labute approximate surface area is 112 Å². The molecule has 1 amide bonds. The van der Waals surface area contributed by atoms with Gasteiger partial charge in [0.05, 0.1) is 23.7 Å². The predicted octanol–water partition coefficient (Wildman–Crippen LogP) is 1.94. The summed E-state index contributed by atoms with van der Waals surface area (Å²) in [5.74, 6) is -1.96. The fourth-order valence-electron chi connectivity index (χ4n) is 2.65.